The lowest BCUT2D eigenvalue weighted by Gasteiger charge is -2.10. The molecule has 0 heterocycles. The molecule has 1 aromatic carbocycles. The number of hydrogen-bond donors (Lipinski definition) is 2. The SMILES string of the molecule is O=C(NCC(O)C1CC1)c1cc(Br)cc([N+](=O)[O-])c1. The molecule has 0 bridgehead atoms. The van der Waals surface area contributed by atoms with Gasteiger partial charge in [-0.25, -0.2) is 0 Å². The first kappa shape index (κ1) is 14.0. The number of aliphatic hydroxyl groups excluding tert-OH is 1. The largest absolute Gasteiger partial charge is 0.391 e. The summed E-state index contributed by atoms with van der Waals surface area (Å²) < 4.78 is 0.467. The molecule has 0 aromatic heterocycles. The molecule has 1 fully saturated rings. The number of nitrogens with zero attached hydrogens (tertiary/aromatic N) is 1. The van der Waals surface area contributed by atoms with Crippen molar-refractivity contribution in [1.82, 2.24) is 5.32 Å². The van der Waals surface area contributed by atoms with E-state index in [2.05, 4.69) is 21.2 Å². The van der Waals surface area contributed by atoms with Crippen LogP contribution in [0.2, 0.25) is 0 Å². The van der Waals surface area contributed by atoms with Gasteiger partial charge in [-0.3, -0.25) is 14.9 Å². The Kier molecular flexibility index (Phi) is 4.16. The second kappa shape index (κ2) is 5.66. The second-order valence-electron chi connectivity index (χ2n) is 4.57. The summed E-state index contributed by atoms with van der Waals surface area (Å²) in [6.45, 7) is 0.170. The van der Waals surface area contributed by atoms with Gasteiger partial charge in [0.15, 0.2) is 0 Å². The number of nitrogens with one attached hydrogen (secondary N) is 1. The topological polar surface area (TPSA) is 92.5 Å². The van der Waals surface area contributed by atoms with E-state index in [1.807, 2.05) is 0 Å². The first-order chi connectivity index (χ1) is 8.97. The summed E-state index contributed by atoms with van der Waals surface area (Å²) in [6, 6.07) is 4.05. The van der Waals surface area contributed by atoms with E-state index in [0.29, 0.717) is 4.47 Å². The van der Waals surface area contributed by atoms with Crippen LogP contribution in [0.1, 0.15) is 23.2 Å². The van der Waals surface area contributed by atoms with Gasteiger partial charge in [0.1, 0.15) is 0 Å². The van der Waals surface area contributed by atoms with Crippen LogP contribution in [0.25, 0.3) is 0 Å². The summed E-state index contributed by atoms with van der Waals surface area (Å²) in [7, 11) is 0. The standard InChI is InChI=1S/C12H13BrN2O4/c13-9-3-8(4-10(5-9)15(18)19)12(17)14-6-11(16)7-1-2-7/h3-5,7,11,16H,1-2,6H2,(H,14,17). The Balaban J connectivity index is 2.03. The van der Waals surface area contributed by atoms with Gasteiger partial charge in [0, 0.05) is 28.7 Å². The molecule has 0 saturated heterocycles. The average Bonchev–Trinajstić information content (AvgIpc) is 3.18. The van der Waals surface area contributed by atoms with Crippen molar-refractivity contribution in [3.8, 4) is 0 Å². The highest BCUT2D eigenvalue weighted by atomic mass is 79.9. The number of hydrogen-bond acceptors (Lipinski definition) is 4. The van der Waals surface area contributed by atoms with Crippen molar-refractivity contribution in [3.05, 3.63) is 38.3 Å². The average molecular weight is 329 g/mol. The highest BCUT2D eigenvalue weighted by molar-refractivity contribution is 9.10. The molecular weight excluding hydrogens is 316 g/mol. The molecule has 2 N–H and O–H groups in total. The van der Waals surface area contributed by atoms with E-state index >= 15 is 0 Å². The van der Waals surface area contributed by atoms with E-state index in [1.165, 1.54) is 18.2 Å². The van der Waals surface area contributed by atoms with E-state index < -0.39 is 16.9 Å². The zero-order chi connectivity index (χ0) is 14.0. The fraction of sp³-hybridized carbons (Fsp3) is 0.417. The zero-order valence-electron chi connectivity index (χ0n) is 10.0. The Morgan fingerprint density at radius 3 is 2.79 bits per heavy atom. The van der Waals surface area contributed by atoms with Crippen molar-refractivity contribution in [1.29, 1.82) is 0 Å². The maximum Gasteiger partial charge on any atom is 0.271 e. The predicted molar refractivity (Wildman–Crippen MR) is 71.9 cm³/mol. The summed E-state index contributed by atoms with van der Waals surface area (Å²) in [5.41, 5.74) is 0.0475. The van der Waals surface area contributed by atoms with E-state index in [4.69, 9.17) is 0 Å². The van der Waals surface area contributed by atoms with Crippen LogP contribution in [-0.2, 0) is 0 Å². The van der Waals surface area contributed by atoms with Crippen molar-refractivity contribution in [2.75, 3.05) is 6.54 Å². The van der Waals surface area contributed by atoms with Crippen LogP contribution < -0.4 is 5.32 Å². The number of carbonyl (C=O) groups excluding carboxylic acids is 1. The molecule has 1 aliphatic rings. The minimum atomic E-state index is -0.555. The van der Waals surface area contributed by atoms with Crippen molar-refractivity contribution in [2.24, 2.45) is 5.92 Å². The van der Waals surface area contributed by atoms with Gasteiger partial charge < -0.3 is 10.4 Å². The zero-order valence-corrected chi connectivity index (χ0v) is 11.6. The van der Waals surface area contributed by atoms with Gasteiger partial charge in [0.25, 0.3) is 11.6 Å². The van der Waals surface area contributed by atoms with Gasteiger partial charge >= 0.3 is 0 Å². The summed E-state index contributed by atoms with van der Waals surface area (Å²) in [5, 5.41) is 22.9. The van der Waals surface area contributed by atoms with Crippen molar-refractivity contribution in [2.45, 2.75) is 18.9 Å². The molecule has 102 valence electrons. The second-order valence-corrected chi connectivity index (χ2v) is 5.49. The molecule has 2 rings (SSSR count). The van der Waals surface area contributed by atoms with Crippen LogP contribution in [0, 0.1) is 16.0 Å². The molecule has 19 heavy (non-hydrogen) atoms. The van der Waals surface area contributed by atoms with Crippen LogP contribution in [0.5, 0.6) is 0 Å². The lowest BCUT2D eigenvalue weighted by Crippen LogP contribution is -2.33. The summed E-state index contributed by atoms with van der Waals surface area (Å²) in [5.74, 6) is -0.152. The molecule has 7 heteroatoms. The molecule has 1 amide bonds. The molecular formula is C12H13BrN2O4. The molecule has 1 atom stereocenters. The highest BCUT2D eigenvalue weighted by Gasteiger charge is 2.29. The minimum Gasteiger partial charge on any atom is -0.391 e. The third kappa shape index (κ3) is 3.74. The van der Waals surface area contributed by atoms with Crippen LogP contribution in [-0.4, -0.2) is 28.6 Å². The van der Waals surface area contributed by atoms with Crippen LogP contribution in [0.4, 0.5) is 5.69 Å². The smallest absolute Gasteiger partial charge is 0.271 e. The molecule has 1 saturated carbocycles. The third-order valence-corrected chi connectivity index (χ3v) is 3.45. The van der Waals surface area contributed by atoms with Gasteiger partial charge in [-0.15, -0.1) is 0 Å². The van der Waals surface area contributed by atoms with Crippen molar-refractivity contribution >= 4 is 27.5 Å². The first-order valence-corrected chi connectivity index (χ1v) is 6.68. The fourth-order valence-corrected chi connectivity index (χ4v) is 2.24. The number of carbonyl (C=O) groups is 1. The summed E-state index contributed by atoms with van der Waals surface area (Å²) in [6.07, 6.45) is 1.43. The van der Waals surface area contributed by atoms with Crippen LogP contribution >= 0.6 is 15.9 Å². The number of non-ortho nitro benzene ring substituents is 1. The van der Waals surface area contributed by atoms with Crippen molar-refractivity contribution in [3.63, 3.8) is 0 Å². The van der Waals surface area contributed by atoms with E-state index in [1.54, 1.807) is 0 Å². The van der Waals surface area contributed by atoms with Gasteiger partial charge in [0.2, 0.25) is 0 Å². The van der Waals surface area contributed by atoms with Gasteiger partial charge in [-0.2, -0.15) is 0 Å². The molecule has 0 aliphatic heterocycles. The number of halogens is 1. The van der Waals surface area contributed by atoms with E-state index in [9.17, 15) is 20.0 Å². The molecule has 0 spiro atoms. The predicted octanol–water partition coefficient (Wildman–Crippen LogP) is 1.86. The summed E-state index contributed by atoms with van der Waals surface area (Å²) in [4.78, 5) is 22.0. The lowest BCUT2D eigenvalue weighted by atomic mass is 10.1. The third-order valence-electron chi connectivity index (χ3n) is 2.99. The summed E-state index contributed by atoms with van der Waals surface area (Å²) >= 11 is 3.13. The Labute approximate surface area is 118 Å². The van der Waals surface area contributed by atoms with Gasteiger partial charge in [-0.1, -0.05) is 15.9 Å². The van der Waals surface area contributed by atoms with Gasteiger partial charge in [-0.05, 0) is 24.8 Å². The number of nitro groups is 1. The normalized spacial score (nSPS) is 15.9. The molecule has 1 aromatic rings. The number of aliphatic hydroxyl groups is 1. The number of rotatable bonds is 5. The molecule has 1 unspecified atom stereocenters. The quantitative estimate of drug-likeness (QED) is 0.637. The number of amides is 1. The van der Waals surface area contributed by atoms with Crippen LogP contribution in [0.15, 0.2) is 22.7 Å². The molecule has 6 nitrogen and oxygen atoms in total. The maximum absolute atomic E-state index is 11.9. The first-order valence-electron chi connectivity index (χ1n) is 5.88. The Morgan fingerprint density at radius 1 is 1.53 bits per heavy atom. The number of benzene rings is 1. The van der Waals surface area contributed by atoms with Gasteiger partial charge in [0.05, 0.1) is 11.0 Å². The van der Waals surface area contributed by atoms with Crippen LogP contribution in [0.3, 0.4) is 0 Å². The molecule has 1 aliphatic carbocycles. The van der Waals surface area contributed by atoms with E-state index in [-0.39, 0.29) is 23.7 Å². The molecule has 0 radical (unpaired) electrons. The Hall–Kier alpha value is -1.47. The Morgan fingerprint density at radius 2 is 2.21 bits per heavy atom. The van der Waals surface area contributed by atoms with Crippen molar-refractivity contribution < 1.29 is 14.8 Å². The monoisotopic (exact) mass is 328 g/mol. The maximum atomic E-state index is 11.9. The minimum absolute atomic E-state index is 0.151. The highest BCUT2D eigenvalue weighted by Crippen LogP contribution is 2.32. The Bertz CT molecular complexity index is 516. The lowest BCUT2D eigenvalue weighted by molar-refractivity contribution is -0.385. The van der Waals surface area contributed by atoms with E-state index in [0.717, 1.165) is 12.8 Å². The fourth-order valence-electron chi connectivity index (χ4n) is 1.76. The number of nitro benzene ring substituents is 1.